The predicted octanol–water partition coefficient (Wildman–Crippen LogP) is 8.07. The van der Waals surface area contributed by atoms with Gasteiger partial charge in [0.05, 0.1) is 0 Å². The number of hydrogen-bond donors (Lipinski definition) is 0. The smallest absolute Gasteiger partial charge is 0 e. The van der Waals surface area contributed by atoms with Crippen LogP contribution in [-0.4, -0.2) is 0 Å². The number of hydrogen-bond acceptors (Lipinski definition) is 0. The third kappa shape index (κ3) is 10.1. The van der Waals surface area contributed by atoms with E-state index in [0.29, 0.717) is 0 Å². The van der Waals surface area contributed by atoms with Crippen LogP contribution in [0.1, 0.15) is 27.8 Å². The van der Waals surface area contributed by atoms with Gasteiger partial charge in [-0.25, -0.2) is 0 Å². The first-order valence-corrected chi connectivity index (χ1v) is 10.0. The molecule has 0 bridgehead atoms. The molecule has 30 heavy (non-hydrogen) atoms. The van der Waals surface area contributed by atoms with Crippen LogP contribution in [0, 0.1) is 40.7 Å². The van der Waals surface area contributed by atoms with Crippen molar-refractivity contribution in [1.82, 2.24) is 0 Å². The normalized spacial score (nSPS) is 9.23. The van der Waals surface area contributed by atoms with E-state index in [4.69, 9.17) is 0 Å². The SMILES string of the molecule is Cc1cc[c-]cc1.Cc1ccc(-c2ccc(C)cc2)cc1.Cc1ccc(C)cc1.[Y]. The van der Waals surface area contributed by atoms with Crippen LogP contribution >= 0.6 is 0 Å². The quantitative estimate of drug-likeness (QED) is 0.248. The van der Waals surface area contributed by atoms with E-state index in [1.807, 2.05) is 24.3 Å². The molecule has 1 heteroatoms. The molecule has 0 nitrogen and oxygen atoms in total. The molecule has 0 aliphatic carbocycles. The zero-order valence-corrected chi connectivity index (χ0v) is 21.7. The Hall–Kier alpha value is -2.02. The first kappa shape index (κ1) is 26.0. The van der Waals surface area contributed by atoms with Crippen molar-refractivity contribution in [3.05, 3.63) is 131 Å². The van der Waals surface area contributed by atoms with Gasteiger partial charge in [-0.2, -0.15) is 35.9 Å². The third-order valence-electron chi connectivity index (χ3n) is 4.54. The van der Waals surface area contributed by atoms with E-state index in [2.05, 4.69) is 113 Å². The second-order valence-corrected chi connectivity index (χ2v) is 7.46. The van der Waals surface area contributed by atoms with Crippen LogP contribution in [-0.2, 0) is 32.7 Å². The molecule has 0 aromatic heterocycles. The van der Waals surface area contributed by atoms with Gasteiger partial charge < -0.3 is 0 Å². The first-order valence-electron chi connectivity index (χ1n) is 10.0. The van der Waals surface area contributed by atoms with Crippen molar-refractivity contribution in [1.29, 1.82) is 0 Å². The largest absolute Gasteiger partial charge is 0.184 e. The molecule has 0 saturated heterocycles. The Labute approximate surface area is 208 Å². The minimum Gasteiger partial charge on any atom is -0.184 e. The second kappa shape index (κ2) is 14.1. The van der Waals surface area contributed by atoms with E-state index >= 15 is 0 Å². The summed E-state index contributed by atoms with van der Waals surface area (Å²) in [4.78, 5) is 0. The molecule has 151 valence electrons. The Balaban J connectivity index is 0.000000241. The molecule has 0 amide bonds. The third-order valence-corrected chi connectivity index (χ3v) is 4.54. The van der Waals surface area contributed by atoms with E-state index in [1.54, 1.807) is 0 Å². The van der Waals surface area contributed by atoms with Crippen molar-refractivity contribution < 1.29 is 32.7 Å². The Morgan fingerprint density at radius 2 is 0.600 bits per heavy atom. The van der Waals surface area contributed by atoms with E-state index in [-0.39, 0.29) is 32.7 Å². The van der Waals surface area contributed by atoms with E-state index in [9.17, 15) is 0 Å². The Bertz CT molecular complexity index is 887. The van der Waals surface area contributed by atoms with Crippen molar-refractivity contribution in [3.8, 4) is 11.1 Å². The van der Waals surface area contributed by atoms with Gasteiger partial charge in [0.2, 0.25) is 0 Å². The number of benzene rings is 4. The van der Waals surface area contributed by atoms with Crippen LogP contribution in [0.15, 0.2) is 97.1 Å². The summed E-state index contributed by atoms with van der Waals surface area (Å²) in [6, 6.07) is 36.6. The van der Waals surface area contributed by atoms with E-state index < -0.39 is 0 Å². The summed E-state index contributed by atoms with van der Waals surface area (Å²) in [6.45, 7) is 10.5. The van der Waals surface area contributed by atoms with Gasteiger partial charge in [-0.3, -0.25) is 0 Å². The summed E-state index contributed by atoms with van der Waals surface area (Å²) in [7, 11) is 0. The summed E-state index contributed by atoms with van der Waals surface area (Å²) >= 11 is 0. The molecule has 0 unspecified atom stereocenters. The molecule has 0 aliphatic rings. The summed E-state index contributed by atoms with van der Waals surface area (Å²) in [5.74, 6) is 0. The molecule has 0 saturated carbocycles. The molecule has 0 N–H and O–H groups in total. The topological polar surface area (TPSA) is 0 Å². The number of rotatable bonds is 1. The van der Waals surface area contributed by atoms with Gasteiger partial charge in [0.15, 0.2) is 0 Å². The average molecular weight is 468 g/mol. The average Bonchev–Trinajstić information content (AvgIpc) is 2.73. The maximum absolute atomic E-state index is 2.93. The van der Waals surface area contributed by atoms with Gasteiger partial charge in [0.25, 0.3) is 0 Å². The van der Waals surface area contributed by atoms with Crippen LogP contribution in [0.2, 0.25) is 0 Å². The molecule has 0 heterocycles. The van der Waals surface area contributed by atoms with Crippen LogP contribution in [0.3, 0.4) is 0 Å². The van der Waals surface area contributed by atoms with Crippen molar-refractivity contribution in [3.63, 3.8) is 0 Å². The first-order chi connectivity index (χ1) is 13.9. The van der Waals surface area contributed by atoms with Crippen LogP contribution in [0.4, 0.5) is 0 Å². The maximum atomic E-state index is 2.93. The van der Waals surface area contributed by atoms with Crippen molar-refractivity contribution in [2.45, 2.75) is 34.6 Å². The summed E-state index contributed by atoms with van der Waals surface area (Å²) < 4.78 is 0. The van der Waals surface area contributed by atoms with Gasteiger partial charge >= 0.3 is 0 Å². The maximum Gasteiger partial charge on any atom is 0 e. The fourth-order valence-electron chi connectivity index (χ4n) is 2.60. The predicted molar refractivity (Wildman–Crippen MR) is 127 cm³/mol. The molecule has 4 aromatic rings. The van der Waals surface area contributed by atoms with Gasteiger partial charge in [0, 0.05) is 32.7 Å². The van der Waals surface area contributed by atoms with E-state index in [1.165, 1.54) is 38.9 Å². The van der Waals surface area contributed by atoms with Crippen LogP contribution in [0.25, 0.3) is 11.1 Å². The summed E-state index contributed by atoms with van der Waals surface area (Å²) in [5.41, 5.74) is 9.14. The zero-order valence-electron chi connectivity index (χ0n) is 18.8. The van der Waals surface area contributed by atoms with Crippen LogP contribution < -0.4 is 0 Å². The van der Waals surface area contributed by atoms with Crippen molar-refractivity contribution in [2.24, 2.45) is 0 Å². The molecule has 0 aliphatic heterocycles. The van der Waals surface area contributed by atoms with Gasteiger partial charge in [-0.05, 0) is 38.8 Å². The molecule has 1 radical (unpaired) electrons. The van der Waals surface area contributed by atoms with Gasteiger partial charge in [-0.15, -0.1) is 0 Å². The van der Waals surface area contributed by atoms with Crippen molar-refractivity contribution in [2.75, 3.05) is 0 Å². The molecule has 4 aromatic carbocycles. The van der Waals surface area contributed by atoms with Crippen LogP contribution in [0.5, 0.6) is 0 Å². The van der Waals surface area contributed by atoms with Gasteiger partial charge in [-0.1, -0.05) is 102 Å². The summed E-state index contributed by atoms with van der Waals surface area (Å²) in [5, 5.41) is 0. The Kier molecular flexibility index (Phi) is 12.2. The van der Waals surface area contributed by atoms with Gasteiger partial charge in [0.1, 0.15) is 0 Å². The Morgan fingerprint density at radius 3 is 0.833 bits per heavy atom. The molecule has 0 spiro atoms. The standard InChI is InChI=1S/C14H14.C8H10.C7H7.Y/c1-11-3-7-13(8-4-11)14-9-5-12(2)6-10-14;1-7-3-5-8(2)6-4-7;1-7-5-3-2-4-6-7;/h3-10H,1-2H3;3-6H,1-2H3;3-6H,1H3;/q;;-1;. The number of aryl methyl sites for hydroxylation is 5. The molecular formula is C29H31Y-. The molecule has 4 rings (SSSR count). The molecule has 0 atom stereocenters. The molecule has 0 fully saturated rings. The van der Waals surface area contributed by atoms with E-state index in [0.717, 1.165) is 0 Å². The minimum atomic E-state index is 0. The molecular weight excluding hydrogens is 437 g/mol. The fraction of sp³-hybridized carbons (Fsp3) is 0.172. The fourth-order valence-corrected chi connectivity index (χ4v) is 2.60. The second-order valence-electron chi connectivity index (χ2n) is 7.46. The Morgan fingerprint density at radius 1 is 0.367 bits per heavy atom. The van der Waals surface area contributed by atoms with Crippen molar-refractivity contribution >= 4 is 0 Å². The zero-order chi connectivity index (χ0) is 21.1. The summed E-state index contributed by atoms with van der Waals surface area (Å²) in [6.07, 6.45) is 0. The monoisotopic (exact) mass is 468 g/mol. The minimum absolute atomic E-state index is 0.